The zero-order valence-electron chi connectivity index (χ0n) is 11.9. The molecule has 0 saturated carbocycles. The predicted octanol–water partition coefficient (Wildman–Crippen LogP) is 3.34. The number of hydrogen-bond donors (Lipinski definition) is 1. The summed E-state index contributed by atoms with van der Waals surface area (Å²) in [6, 6.07) is 2.10. The third-order valence-electron chi connectivity index (χ3n) is 3.65. The van der Waals surface area contributed by atoms with E-state index in [4.69, 9.17) is 4.42 Å². The lowest BCUT2D eigenvalue weighted by molar-refractivity contribution is 0.222. The minimum absolute atomic E-state index is 0.0950. The minimum atomic E-state index is -1.06. The molecule has 102 valence electrons. The van der Waals surface area contributed by atoms with Crippen molar-refractivity contribution in [2.45, 2.75) is 58.2 Å². The number of fused-ring (bicyclic) bond motifs is 1. The molecular weight excluding hydrogens is 246 g/mol. The third-order valence-corrected chi connectivity index (χ3v) is 5.21. The first-order valence-electron chi connectivity index (χ1n) is 6.46. The van der Waals surface area contributed by atoms with E-state index in [1.54, 1.807) is 6.26 Å². The molecule has 1 aliphatic rings. The predicted molar refractivity (Wildman–Crippen MR) is 74.6 cm³/mol. The fourth-order valence-corrected chi connectivity index (χ4v) is 3.33. The second-order valence-electron chi connectivity index (χ2n) is 6.72. The van der Waals surface area contributed by atoms with E-state index in [0.717, 1.165) is 18.6 Å². The van der Waals surface area contributed by atoms with Crippen LogP contribution in [0.5, 0.6) is 0 Å². The second kappa shape index (κ2) is 4.49. The highest BCUT2D eigenvalue weighted by Gasteiger charge is 2.39. The SMILES string of the molecule is CC1(C)CCc2occc2[C@@H]1NS(=O)C(C)(C)C. The van der Waals surface area contributed by atoms with Gasteiger partial charge in [-0.25, -0.2) is 8.93 Å². The molecule has 2 atom stereocenters. The van der Waals surface area contributed by atoms with E-state index >= 15 is 0 Å². The van der Waals surface area contributed by atoms with E-state index in [-0.39, 0.29) is 16.2 Å². The van der Waals surface area contributed by atoms with Crippen molar-refractivity contribution in [2.24, 2.45) is 5.41 Å². The van der Waals surface area contributed by atoms with Gasteiger partial charge in [-0.1, -0.05) is 13.8 Å². The van der Waals surface area contributed by atoms with Gasteiger partial charge in [-0.15, -0.1) is 0 Å². The van der Waals surface area contributed by atoms with Crippen molar-refractivity contribution in [3.8, 4) is 0 Å². The van der Waals surface area contributed by atoms with E-state index < -0.39 is 11.0 Å². The summed E-state index contributed by atoms with van der Waals surface area (Å²) in [5.41, 5.74) is 1.27. The van der Waals surface area contributed by atoms with Gasteiger partial charge in [0.2, 0.25) is 0 Å². The Hall–Kier alpha value is -0.610. The zero-order valence-corrected chi connectivity index (χ0v) is 12.7. The average molecular weight is 269 g/mol. The van der Waals surface area contributed by atoms with Crippen LogP contribution in [0.3, 0.4) is 0 Å². The summed E-state index contributed by atoms with van der Waals surface area (Å²) in [7, 11) is -1.06. The van der Waals surface area contributed by atoms with Crippen molar-refractivity contribution in [1.29, 1.82) is 0 Å². The Morgan fingerprint density at radius 2 is 2.11 bits per heavy atom. The van der Waals surface area contributed by atoms with Crippen molar-refractivity contribution < 1.29 is 8.63 Å². The topological polar surface area (TPSA) is 42.2 Å². The Morgan fingerprint density at radius 1 is 1.44 bits per heavy atom. The lowest BCUT2D eigenvalue weighted by Crippen LogP contribution is -2.43. The molecule has 0 saturated heterocycles. The Kier molecular flexibility index (Phi) is 3.45. The Labute approximate surface area is 112 Å². The van der Waals surface area contributed by atoms with Gasteiger partial charge in [0.25, 0.3) is 0 Å². The number of aryl methyl sites for hydroxylation is 1. The fourth-order valence-electron chi connectivity index (χ4n) is 2.32. The van der Waals surface area contributed by atoms with Crippen molar-refractivity contribution >= 4 is 11.0 Å². The lowest BCUT2D eigenvalue weighted by atomic mass is 9.73. The molecule has 0 bridgehead atoms. The van der Waals surface area contributed by atoms with Crippen molar-refractivity contribution in [3.05, 3.63) is 23.7 Å². The van der Waals surface area contributed by atoms with Crippen LogP contribution in [-0.2, 0) is 17.4 Å². The van der Waals surface area contributed by atoms with Gasteiger partial charge in [0.15, 0.2) is 0 Å². The Morgan fingerprint density at radius 3 is 2.72 bits per heavy atom. The molecule has 1 heterocycles. The molecule has 0 amide bonds. The van der Waals surface area contributed by atoms with Crippen LogP contribution in [0.1, 0.15) is 58.4 Å². The van der Waals surface area contributed by atoms with Gasteiger partial charge in [0, 0.05) is 12.0 Å². The molecule has 1 aromatic rings. The summed E-state index contributed by atoms with van der Waals surface area (Å²) in [5.74, 6) is 1.04. The third kappa shape index (κ3) is 2.54. The van der Waals surface area contributed by atoms with E-state index in [9.17, 15) is 4.21 Å². The van der Waals surface area contributed by atoms with E-state index in [1.807, 2.05) is 26.8 Å². The van der Waals surface area contributed by atoms with Gasteiger partial charge < -0.3 is 4.42 Å². The number of rotatable bonds is 2. The van der Waals surface area contributed by atoms with Crippen LogP contribution in [0.25, 0.3) is 0 Å². The Balaban J connectivity index is 2.28. The first-order valence-corrected chi connectivity index (χ1v) is 7.61. The minimum Gasteiger partial charge on any atom is -0.469 e. The smallest absolute Gasteiger partial charge is 0.108 e. The molecular formula is C14H23NO2S. The molecule has 4 heteroatoms. The summed E-state index contributed by atoms with van der Waals surface area (Å²) in [6.45, 7) is 10.4. The molecule has 2 rings (SSSR count). The quantitative estimate of drug-likeness (QED) is 0.894. The molecule has 1 aromatic heterocycles. The highest BCUT2D eigenvalue weighted by Crippen LogP contribution is 2.44. The first-order chi connectivity index (χ1) is 8.22. The van der Waals surface area contributed by atoms with Crippen LogP contribution in [0, 0.1) is 5.41 Å². The molecule has 0 spiro atoms. The van der Waals surface area contributed by atoms with Crippen molar-refractivity contribution in [2.75, 3.05) is 0 Å². The zero-order chi connectivity index (χ0) is 13.6. The molecule has 1 N–H and O–H groups in total. The highest BCUT2D eigenvalue weighted by atomic mass is 32.2. The monoisotopic (exact) mass is 269 g/mol. The van der Waals surface area contributed by atoms with Gasteiger partial charge in [-0.2, -0.15) is 0 Å². The first kappa shape index (κ1) is 13.8. The molecule has 18 heavy (non-hydrogen) atoms. The number of nitrogens with one attached hydrogen (secondary N) is 1. The molecule has 3 nitrogen and oxygen atoms in total. The van der Waals surface area contributed by atoms with Crippen LogP contribution in [0.2, 0.25) is 0 Å². The van der Waals surface area contributed by atoms with Gasteiger partial charge >= 0.3 is 0 Å². The summed E-state index contributed by atoms with van der Waals surface area (Å²) >= 11 is 0. The van der Waals surface area contributed by atoms with Gasteiger partial charge in [-0.05, 0) is 38.7 Å². The van der Waals surface area contributed by atoms with Crippen LogP contribution in [0.15, 0.2) is 16.7 Å². The second-order valence-corrected chi connectivity index (χ2v) is 8.72. The van der Waals surface area contributed by atoms with Crippen LogP contribution in [0.4, 0.5) is 0 Å². The highest BCUT2D eigenvalue weighted by molar-refractivity contribution is 7.84. The summed E-state index contributed by atoms with van der Waals surface area (Å²) < 4.78 is 20.9. The largest absolute Gasteiger partial charge is 0.469 e. The molecule has 0 fully saturated rings. The van der Waals surface area contributed by atoms with E-state index in [1.165, 1.54) is 5.56 Å². The van der Waals surface area contributed by atoms with Gasteiger partial charge in [-0.3, -0.25) is 0 Å². The van der Waals surface area contributed by atoms with E-state index in [0.29, 0.717) is 0 Å². The maximum absolute atomic E-state index is 12.3. The molecule has 1 unspecified atom stereocenters. The normalized spacial score (nSPS) is 24.6. The van der Waals surface area contributed by atoms with Gasteiger partial charge in [0.05, 0.1) is 28.0 Å². The molecule has 0 radical (unpaired) electrons. The van der Waals surface area contributed by atoms with Crippen LogP contribution >= 0.6 is 0 Å². The lowest BCUT2D eigenvalue weighted by Gasteiger charge is -2.39. The summed E-state index contributed by atoms with van der Waals surface area (Å²) in [6.07, 6.45) is 3.75. The number of furan rings is 1. The maximum atomic E-state index is 12.3. The fraction of sp³-hybridized carbons (Fsp3) is 0.714. The van der Waals surface area contributed by atoms with E-state index in [2.05, 4.69) is 18.6 Å². The molecule has 0 aliphatic heterocycles. The van der Waals surface area contributed by atoms with Gasteiger partial charge in [0.1, 0.15) is 5.76 Å². The van der Waals surface area contributed by atoms with Crippen LogP contribution < -0.4 is 4.72 Å². The van der Waals surface area contributed by atoms with Crippen LogP contribution in [-0.4, -0.2) is 8.96 Å². The summed E-state index contributed by atoms with van der Waals surface area (Å²) in [5, 5.41) is 0. The number of hydrogen-bond acceptors (Lipinski definition) is 2. The standard InChI is InChI=1S/C14H23NO2S/c1-13(2,3)18(16)15-12-10-7-9-17-11(10)6-8-14(12,4)5/h7,9,12,15H,6,8H2,1-5H3/t12-,18?/m0/s1. The van der Waals surface area contributed by atoms with Crippen molar-refractivity contribution in [1.82, 2.24) is 4.72 Å². The maximum Gasteiger partial charge on any atom is 0.108 e. The Bertz CT molecular complexity index is 457. The summed E-state index contributed by atoms with van der Waals surface area (Å²) in [4.78, 5) is 0. The average Bonchev–Trinajstić information content (AvgIpc) is 2.68. The molecule has 0 aromatic carbocycles. The van der Waals surface area contributed by atoms with Crippen molar-refractivity contribution in [3.63, 3.8) is 0 Å². The molecule has 1 aliphatic carbocycles.